The minimum Gasteiger partial charge on any atom is -0.271 e. The number of hydrogen-bond acceptors (Lipinski definition) is 1. The molecule has 0 fully saturated rings. The van der Waals surface area contributed by atoms with Gasteiger partial charge in [0.1, 0.15) is 0 Å². The highest BCUT2D eigenvalue weighted by molar-refractivity contribution is 9.09. The molecule has 0 amide bonds. The molecule has 1 aromatic rings. The zero-order valence-corrected chi connectivity index (χ0v) is 9.18. The summed E-state index contributed by atoms with van der Waals surface area (Å²) in [6, 6.07) is 0. The van der Waals surface area contributed by atoms with Crippen LogP contribution in [0.5, 0.6) is 0 Å². The van der Waals surface area contributed by atoms with E-state index in [1.54, 1.807) is 6.20 Å². The molecule has 4 heteroatoms. The summed E-state index contributed by atoms with van der Waals surface area (Å²) < 4.78 is 1.89. The highest BCUT2D eigenvalue weighted by Gasteiger charge is 1.94. The maximum absolute atomic E-state index is 5.71. The molecule has 0 aromatic carbocycles. The second kappa shape index (κ2) is 5.60. The van der Waals surface area contributed by atoms with Crippen LogP contribution in [0.4, 0.5) is 0 Å². The van der Waals surface area contributed by atoms with Crippen LogP contribution in [0, 0.1) is 0 Å². The van der Waals surface area contributed by atoms with Gasteiger partial charge in [0.15, 0.2) is 0 Å². The first-order valence-corrected chi connectivity index (χ1v) is 5.57. The van der Waals surface area contributed by atoms with E-state index in [1.807, 2.05) is 10.9 Å². The standard InChI is InChI=1S/C8H12BrClN2/c9-4-2-1-3-5-12-7-8(10)6-11-12/h6-7H,1-5H2. The van der Waals surface area contributed by atoms with Crippen LogP contribution >= 0.6 is 27.5 Å². The molecule has 0 unspecified atom stereocenters. The molecule has 1 aromatic heterocycles. The number of halogens is 2. The molecular weight excluding hydrogens is 239 g/mol. The van der Waals surface area contributed by atoms with Crippen LogP contribution in [0.2, 0.25) is 5.02 Å². The topological polar surface area (TPSA) is 17.8 Å². The molecule has 1 rings (SSSR count). The zero-order chi connectivity index (χ0) is 8.81. The van der Waals surface area contributed by atoms with E-state index in [-0.39, 0.29) is 0 Å². The Balaban J connectivity index is 2.15. The second-order valence-electron chi connectivity index (χ2n) is 2.67. The molecular formula is C8H12BrClN2. The Labute approximate surface area is 86.0 Å². The summed E-state index contributed by atoms with van der Waals surface area (Å²) in [4.78, 5) is 0. The lowest BCUT2D eigenvalue weighted by molar-refractivity contribution is 0.555. The van der Waals surface area contributed by atoms with E-state index in [0.29, 0.717) is 0 Å². The van der Waals surface area contributed by atoms with E-state index < -0.39 is 0 Å². The minimum atomic E-state index is 0.718. The highest BCUT2D eigenvalue weighted by Crippen LogP contribution is 2.06. The van der Waals surface area contributed by atoms with Crippen LogP contribution in [0.1, 0.15) is 19.3 Å². The van der Waals surface area contributed by atoms with Crippen molar-refractivity contribution in [2.75, 3.05) is 5.33 Å². The lowest BCUT2D eigenvalue weighted by Gasteiger charge is -1.99. The molecule has 0 atom stereocenters. The molecule has 0 aliphatic rings. The van der Waals surface area contributed by atoms with Crippen molar-refractivity contribution in [2.24, 2.45) is 0 Å². The zero-order valence-electron chi connectivity index (χ0n) is 6.84. The predicted molar refractivity (Wildman–Crippen MR) is 54.9 cm³/mol. The molecule has 0 bridgehead atoms. The third kappa shape index (κ3) is 3.59. The van der Waals surface area contributed by atoms with Crippen LogP contribution < -0.4 is 0 Å². The SMILES string of the molecule is Clc1cnn(CCCCCBr)c1. The normalized spacial score (nSPS) is 10.5. The molecule has 68 valence electrons. The van der Waals surface area contributed by atoms with E-state index in [0.717, 1.165) is 16.9 Å². The first kappa shape index (κ1) is 10.1. The van der Waals surface area contributed by atoms with Crippen LogP contribution in [0.3, 0.4) is 0 Å². The van der Waals surface area contributed by atoms with Gasteiger partial charge >= 0.3 is 0 Å². The van der Waals surface area contributed by atoms with Crippen LogP contribution in [0.15, 0.2) is 12.4 Å². The van der Waals surface area contributed by atoms with Crippen molar-refractivity contribution in [1.29, 1.82) is 0 Å². The van der Waals surface area contributed by atoms with Gasteiger partial charge in [-0.1, -0.05) is 34.0 Å². The van der Waals surface area contributed by atoms with E-state index in [1.165, 1.54) is 19.3 Å². The van der Waals surface area contributed by atoms with E-state index >= 15 is 0 Å². The summed E-state index contributed by atoms with van der Waals surface area (Å²) in [5.74, 6) is 0. The number of unbranched alkanes of at least 4 members (excludes halogenated alkanes) is 2. The largest absolute Gasteiger partial charge is 0.271 e. The predicted octanol–water partition coefficient (Wildman–Crippen LogP) is 3.10. The van der Waals surface area contributed by atoms with E-state index in [9.17, 15) is 0 Å². The fourth-order valence-corrected chi connectivity index (χ4v) is 1.56. The van der Waals surface area contributed by atoms with Gasteiger partial charge in [-0.2, -0.15) is 5.10 Å². The van der Waals surface area contributed by atoms with E-state index in [2.05, 4.69) is 21.0 Å². The summed E-state index contributed by atoms with van der Waals surface area (Å²) in [7, 11) is 0. The number of aromatic nitrogens is 2. The minimum absolute atomic E-state index is 0.718. The Hall–Kier alpha value is -0.0200. The Morgan fingerprint density at radius 1 is 1.42 bits per heavy atom. The van der Waals surface area contributed by atoms with Crippen molar-refractivity contribution in [2.45, 2.75) is 25.8 Å². The average Bonchev–Trinajstić information content (AvgIpc) is 2.45. The summed E-state index contributed by atoms with van der Waals surface area (Å²) >= 11 is 9.11. The van der Waals surface area contributed by atoms with E-state index in [4.69, 9.17) is 11.6 Å². The van der Waals surface area contributed by atoms with Gasteiger partial charge in [-0.3, -0.25) is 4.68 Å². The van der Waals surface area contributed by atoms with Crippen molar-refractivity contribution in [3.8, 4) is 0 Å². The smallest absolute Gasteiger partial charge is 0.0785 e. The maximum atomic E-state index is 5.71. The van der Waals surface area contributed by atoms with Crippen molar-refractivity contribution in [3.05, 3.63) is 17.4 Å². The summed E-state index contributed by atoms with van der Waals surface area (Å²) in [6.07, 6.45) is 7.17. The number of hydrogen-bond donors (Lipinski definition) is 0. The lowest BCUT2D eigenvalue weighted by atomic mass is 10.2. The van der Waals surface area contributed by atoms with Crippen molar-refractivity contribution >= 4 is 27.5 Å². The Morgan fingerprint density at radius 3 is 2.83 bits per heavy atom. The van der Waals surface area contributed by atoms with Crippen LogP contribution in [-0.4, -0.2) is 15.1 Å². The molecule has 0 spiro atoms. The molecule has 12 heavy (non-hydrogen) atoms. The van der Waals surface area contributed by atoms with Crippen molar-refractivity contribution in [3.63, 3.8) is 0 Å². The van der Waals surface area contributed by atoms with Crippen molar-refractivity contribution < 1.29 is 0 Å². The summed E-state index contributed by atoms with van der Waals surface area (Å²) in [5, 5.41) is 5.89. The Morgan fingerprint density at radius 2 is 2.25 bits per heavy atom. The molecule has 0 saturated heterocycles. The first-order chi connectivity index (χ1) is 5.83. The monoisotopic (exact) mass is 250 g/mol. The number of aryl methyl sites for hydroxylation is 1. The van der Waals surface area contributed by atoms with Gasteiger partial charge in [-0.05, 0) is 12.8 Å². The van der Waals surface area contributed by atoms with Crippen LogP contribution in [0.25, 0.3) is 0 Å². The molecule has 0 radical (unpaired) electrons. The van der Waals surface area contributed by atoms with Gasteiger partial charge in [0.05, 0.1) is 11.2 Å². The molecule has 0 aliphatic carbocycles. The van der Waals surface area contributed by atoms with Crippen molar-refractivity contribution in [1.82, 2.24) is 9.78 Å². The fourth-order valence-electron chi connectivity index (χ4n) is 1.01. The van der Waals surface area contributed by atoms with Gasteiger partial charge in [-0.25, -0.2) is 0 Å². The van der Waals surface area contributed by atoms with Gasteiger partial charge in [0.2, 0.25) is 0 Å². The summed E-state index contributed by atoms with van der Waals surface area (Å²) in [5.41, 5.74) is 0. The molecule has 0 aliphatic heterocycles. The third-order valence-corrected chi connectivity index (χ3v) is 2.38. The van der Waals surface area contributed by atoms with Gasteiger partial charge < -0.3 is 0 Å². The average molecular weight is 252 g/mol. The van der Waals surface area contributed by atoms with Gasteiger partial charge in [0.25, 0.3) is 0 Å². The Bertz CT molecular complexity index is 225. The second-order valence-corrected chi connectivity index (χ2v) is 3.90. The number of alkyl halides is 1. The van der Waals surface area contributed by atoms with Crippen LogP contribution in [-0.2, 0) is 6.54 Å². The number of nitrogens with zero attached hydrogens (tertiary/aromatic N) is 2. The Kier molecular flexibility index (Phi) is 4.69. The first-order valence-electron chi connectivity index (χ1n) is 4.07. The highest BCUT2D eigenvalue weighted by atomic mass is 79.9. The van der Waals surface area contributed by atoms with Gasteiger partial charge in [-0.15, -0.1) is 0 Å². The maximum Gasteiger partial charge on any atom is 0.0785 e. The molecule has 2 nitrogen and oxygen atoms in total. The molecule has 1 heterocycles. The third-order valence-electron chi connectivity index (χ3n) is 1.62. The number of rotatable bonds is 5. The molecule has 0 N–H and O–H groups in total. The fraction of sp³-hybridized carbons (Fsp3) is 0.625. The molecule has 0 saturated carbocycles. The lowest BCUT2D eigenvalue weighted by Crippen LogP contribution is -1.97. The summed E-state index contributed by atoms with van der Waals surface area (Å²) in [6.45, 7) is 0.972. The van der Waals surface area contributed by atoms with Gasteiger partial charge in [0, 0.05) is 18.1 Å². The quantitative estimate of drug-likeness (QED) is 0.581.